The van der Waals surface area contributed by atoms with Crippen LogP contribution < -0.4 is 15.8 Å². The summed E-state index contributed by atoms with van der Waals surface area (Å²) in [5, 5.41) is 3.18. The standard InChI is InChI=1S/C11H15N5O/c1-7(10-13-5-6-14-10)15-11-8(12)3-4-9(16-11)17-2/h3-7H,12H2,1-2H3,(H,13,14)(H,15,16). The van der Waals surface area contributed by atoms with E-state index in [0.717, 1.165) is 5.82 Å². The number of imidazole rings is 1. The Morgan fingerprint density at radius 3 is 2.94 bits per heavy atom. The summed E-state index contributed by atoms with van der Waals surface area (Å²) in [6, 6.07) is 3.47. The Labute approximate surface area is 99.2 Å². The molecule has 0 aromatic carbocycles. The lowest BCUT2D eigenvalue weighted by molar-refractivity contribution is 0.398. The fourth-order valence-electron chi connectivity index (χ4n) is 1.47. The number of hydrogen-bond acceptors (Lipinski definition) is 5. The molecule has 0 fully saturated rings. The maximum atomic E-state index is 5.83. The number of H-pyrrole nitrogens is 1. The molecule has 0 amide bonds. The Bertz CT molecular complexity index is 483. The third-order valence-corrected chi connectivity index (χ3v) is 2.39. The van der Waals surface area contributed by atoms with E-state index in [4.69, 9.17) is 10.5 Å². The van der Waals surface area contributed by atoms with Gasteiger partial charge in [0.05, 0.1) is 18.8 Å². The van der Waals surface area contributed by atoms with Crippen molar-refractivity contribution in [2.45, 2.75) is 13.0 Å². The molecular weight excluding hydrogens is 218 g/mol. The number of anilines is 2. The predicted octanol–water partition coefficient (Wildman–Crippen LogP) is 1.57. The van der Waals surface area contributed by atoms with Gasteiger partial charge in [-0.2, -0.15) is 4.98 Å². The third kappa shape index (κ3) is 2.47. The van der Waals surface area contributed by atoms with Crippen LogP contribution in [0.15, 0.2) is 24.5 Å². The smallest absolute Gasteiger partial charge is 0.215 e. The summed E-state index contributed by atoms with van der Waals surface area (Å²) in [6.07, 6.45) is 3.48. The van der Waals surface area contributed by atoms with Crippen LogP contribution in [-0.2, 0) is 0 Å². The maximum absolute atomic E-state index is 5.83. The first-order chi connectivity index (χ1) is 8.20. The number of rotatable bonds is 4. The number of aromatic nitrogens is 3. The minimum Gasteiger partial charge on any atom is -0.481 e. The molecule has 0 aliphatic heterocycles. The number of methoxy groups -OCH3 is 1. The van der Waals surface area contributed by atoms with Crippen molar-refractivity contribution in [3.8, 4) is 5.88 Å². The van der Waals surface area contributed by atoms with E-state index in [1.165, 1.54) is 0 Å². The lowest BCUT2D eigenvalue weighted by atomic mass is 10.3. The highest BCUT2D eigenvalue weighted by Crippen LogP contribution is 2.23. The summed E-state index contributed by atoms with van der Waals surface area (Å²) in [4.78, 5) is 11.4. The monoisotopic (exact) mass is 233 g/mol. The average molecular weight is 233 g/mol. The molecule has 90 valence electrons. The number of pyridine rings is 1. The molecule has 1 unspecified atom stereocenters. The van der Waals surface area contributed by atoms with Gasteiger partial charge in [-0.1, -0.05) is 0 Å². The SMILES string of the molecule is COc1ccc(N)c(NC(C)c2ncc[nH]2)n1. The second-order valence-electron chi connectivity index (χ2n) is 3.63. The molecule has 2 aromatic heterocycles. The summed E-state index contributed by atoms with van der Waals surface area (Å²) >= 11 is 0. The fourth-order valence-corrected chi connectivity index (χ4v) is 1.47. The van der Waals surface area contributed by atoms with Gasteiger partial charge in [0.1, 0.15) is 5.82 Å². The van der Waals surface area contributed by atoms with Crippen LogP contribution >= 0.6 is 0 Å². The van der Waals surface area contributed by atoms with Crippen molar-refractivity contribution in [2.75, 3.05) is 18.2 Å². The minimum absolute atomic E-state index is 0.00749. The van der Waals surface area contributed by atoms with Crippen molar-refractivity contribution in [3.63, 3.8) is 0 Å². The van der Waals surface area contributed by atoms with Gasteiger partial charge in [-0.05, 0) is 13.0 Å². The molecule has 2 rings (SSSR count). The van der Waals surface area contributed by atoms with Crippen LogP contribution in [-0.4, -0.2) is 22.1 Å². The van der Waals surface area contributed by atoms with Crippen molar-refractivity contribution < 1.29 is 4.74 Å². The molecule has 0 bridgehead atoms. The van der Waals surface area contributed by atoms with E-state index in [1.54, 1.807) is 31.6 Å². The molecule has 2 aromatic rings. The van der Waals surface area contributed by atoms with E-state index in [1.807, 2.05) is 6.92 Å². The molecule has 0 aliphatic rings. The van der Waals surface area contributed by atoms with Crippen molar-refractivity contribution in [2.24, 2.45) is 0 Å². The first-order valence-corrected chi connectivity index (χ1v) is 5.27. The summed E-state index contributed by atoms with van der Waals surface area (Å²) in [5.41, 5.74) is 6.41. The number of nitrogens with zero attached hydrogens (tertiary/aromatic N) is 2. The van der Waals surface area contributed by atoms with Crippen molar-refractivity contribution in [1.29, 1.82) is 0 Å². The van der Waals surface area contributed by atoms with Gasteiger partial charge < -0.3 is 20.8 Å². The topological polar surface area (TPSA) is 88.9 Å². The van der Waals surface area contributed by atoms with E-state index in [0.29, 0.717) is 17.4 Å². The van der Waals surface area contributed by atoms with Crippen LogP contribution in [0.1, 0.15) is 18.8 Å². The van der Waals surface area contributed by atoms with Crippen LogP contribution in [0, 0.1) is 0 Å². The van der Waals surface area contributed by atoms with Gasteiger partial charge in [0.15, 0.2) is 5.82 Å². The Morgan fingerprint density at radius 2 is 2.29 bits per heavy atom. The van der Waals surface area contributed by atoms with Gasteiger partial charge in [-0.25, -0.2) is 4.98 Å². The lowest BCUT2D eigenvalue weighted by Gasteiger charge is -2.14. The molecular formula is C11H15N5O. The molecule has 6 heteroatoms. The number of nitrogen functional groups attached to an aromatic ring is 1. The Morgan fingerprint density at radius 1 is 1.47 bits per heavy atom. The molecule has 2 heterocycles. The van der Waals surface area contributed by atoms with E-state index >= 15 is 0 Å². The van der Waals surface area contributed by atoms with E-state index in [9.17, 15) is 0 Å². The second-order valence-corrected chi connectivity index (χ2v) is 3.63. The molecule has 0 saturated carbocycles. The third-order valence-electron chi connectivity index (χ3n) is 2.39. The second kappa shape index (κ2) is 4.73. The molecule has 0 aliphatic carbocycles. The van der Waals surface area contributed by atoms with Crippen LogP contribution in [0.3, 0.4) is 0 Å². The summed E-state index contributed by atoms with van der Waals surface area (Å²) in [6.45, 7) is 1.97. The molecule has 6 nitrogen and oxygen atoms in total. The first kappa shape index (κ1) is 11.3. The van der Waals surface area contributed by atoms with Gasteiger partial charge in [-0.15, -0.1) is 0 Å². The Kier molecular flexibility index (Phi) is 3.13. The zero-order chi connectivity index (χ0) is 12.3. The number of nitrogens with one attached hydrogen (secondary N) is 2. The lowest BCUT2D eigenvalue weighted by Crippen LogP contribution is -2.11. The highest BCUT2D eigenvalue weighted by atomic mass is 16.5. The molecule has 1 atom stereocenters. The van der Waals surface area contributed by atoms with Gasteiger partial charge in [-0.3, -0.25) is 0 Å². The minimum atomic E-state index is -0.00749. The number of ether oxygens (including phenoxy) is 1. The highest BCUT2D eigenvalue weighted by molar-refractivity contribution is 5.62. The molecule has 17 heavy (non-hydrogen) atoms. The van der Waals surface area contributed by atoms with Gasteiger partial charge in [0.25, 0.3) is 0 Å². The van der Waals surface area contributed by atoms with E-state index < -0.39 is 0 Å². The Balaban J connectivity index is 2.18. The van der Waals surface area contributed by atoms with Gasteiger partial charge in [0.2, 0.25) is 5.88 Å². The van der Waals surface area contributed by atoms with Crippen LogP contribution in [0.2, 0.25) is 0 Å². The molecule has 4 N–H and O–H groups in total. The zero-order valence-corrected chi connectivity index (χ0v) is 9.77. The predicted molar refractivity (Wildman–Crippen MR) is 65.8 cm³/mol. The number of aromatic amines is 1. The van der Waals surface area contributed by atoms with Gasteiger partial charge in [0, 0.05) is 18.5 Å². The molecule has 0 saturated heterocycles. The molecule has 0 radical (unpaired) electrons. The average Bonchev–Trinajstić information content (AvgIpc) is 2.85. The number of nitrogens with two attached hydrogens (primary N) is 1. The van der Waals surface area contributed by atoms with Crippen molar-refractivity contribution >= 4 is 11.5 Å². The van der Waals surface area contributed by atoms with Crippen LogP contribution in [0.5, 0.6) is 5.88 Å². The summed E-state index contributed by atoms with van der Waals surface area (Å²) < 4.78 is 5.05. The Hall–Kier alpha value is -2.24. The van der Waals surface area contributed by atoms with Crippen molar-refractivity contribution in [1.82, 2.24) is 15.0 Å². The normalized spacial score (nSPS) is 12.1. The van der Waals surface area contributed by atoms with Crippen LogP contribution in [0.25, 0.3) is 0 Å². The van der Waals surface area contributed by atoms with Crippen molar-refractivity contribution in [3.05, 3.63) is 30.4 Å². The summed E-state index contributed by atoms with van der Waals surface area (Å²) in [5.74, 6) is 1.94. The van der Waals surface area contributed by atoms with Gasteiger partial charge >= 0.3 is 0 Å². The number of hydrogen-bond donors (Lipinski definition) is 3. The molecule has 0 spiro atoms. The first-order valence-electron chi connectivity index (χ1n) is 5.27. The van der Waals surface area contributed by atoms with E-state index in [2.05, 4.69) is 20.3 Å². The fraction of sp³-hybridized carbons (Fsp3) is 0.273. The zero-order valence-electron chi connectivity index (χ0n) is 9.77. The largest absolute Gasteiger partial charge is 0.481 e. The maximum Gasteiger partial charge on any atom is 0.215 e. The highest BCUT2D eigenvalue weighted by Gasteiger charge is 2.10. The quantitative estimate of drug-likeness (QED) is 0.745. The van der Waals surface area contributed by atoms with Crippen LogP contribution in [0.4, 0.5) is 11.5 Å². The summed E-state index contributed by atoms with van der Waals surface area (Å²) in [7, 11) is 1.57. The van der Waals surface area contributed by atoms with E-state index in [-0.39, 0.29) is 6.04 Å².